The molecule has 1 aromatic heterocycles. The maximum Gasteiger partial charge on any atom is 0.451 e. The number of nitrogens with zero attached hydrogens (tertiary/aromatic N) is 4. The van der Waals surface area contributed by atoms with Gasteiger partial charge in [-0.1, -0.05) is 56.3 Å². The minimum absolute atomic E-state index is 0.185. The number of benzene rings is 2. The van der Waals surface area contributed by atoms with Crippen LogP contribution in [0.1, 0.15) is 32.1 Å². The van der Waals surface area contributed by atoms with E-state index in [1.165, 1.54) is 11.8 Å². The Morgan fingerprint density at radius 1 is 1.12 bits per heavy atom. The Kier molecular flexibility index (Phi) is 7.13. The molecule has 1 fully saturated rings. The van der Waals surface area contributed by atoms with E-state index in [0.29, 0.717) is 23.4 Å². The molecule has 0 aliphatic carbocycles. The highest BCUT2D eigenvalue weighted by molar-refractivity contribution is 8.14. The highest BCUT2D eigenvalue weighted by atomic mass is 32.2. The molecule has 6 rings (SSSR count). The molecule has 3 aliphatic heterocycles. The van der Waals surface area contributed by atoms with Crippen LogP contribution in [0.2, 0.25) is 0 Å². The van der Waals surface area contributed by atoms with Gasteiger partial charge in [-0.2, -0.15) is 4.99 Å². The number of ether oxygens (including phenoxy) is 2. The predicted octanol–water partition coefficient (Wildman–Crippen LogP) is 5.20. The number of hydrogen-bond donors (Lipinski definition) is 2. The molecule has 1 atom stereocenters. The van der Waals surface area contributed by atoms with E-state index in [1.807, 2.05) is 75.5 Å². The molecular weight excluding hydrogens is 528 g/mol. The van der Waals surface area contributed by atoms with Crippen molar-refractivity contribution in [2.24, 2.45) is 4.99 Å². The Morgan fingerprint density at radius 2 is 1.93 bits per heavy atom. The molecule has 0 saturated carbocycles. The fourth-order valence-electron chi connectivity index (χ4n) is 4.79. The van der Waals surface area contributed by atoms with Gasteiger partial charge in [0.15, 0.2) is 11.5 Å². The van der Waals surface area contributed by atoms with Gasteiger partial charge in [-0.3, -0.25) is 10.3 Å². The molecule has 2 amide bonds. The van der Waals surface area contributed by atoms with Crippen LogP contribution in [-0.2, 0) is 10.2 Å². The van der Waals surface area contributed by atoms with Gasteiger partial charge in [0.1, 0.15) is 30.0 Å². The van der Waals surface area contributed by atoms with Crippen molar-refractivity contribution in [2.45, 2.75) is 31.1 Å². The number of rotatable bonds is 7. The van der Waals surface area contributed by atoms with Gasteiger partial charge in [0, 0.05) is 48.8 Å². The fraction of sp³-hybridized carbons (Fsp3) is 0.345. The van der Waals surface area contributed by atoms with Crippen LogP contribution >= 0.6 is 11.8 Å². The second-order valence-electron chi connectivity index (χ2n) is 10.9. The van der Waals surface area contributed by atoms with E-state index in [0.717, 1.165) is 60.4 Å². The summed E-state index contributed by atoms with van der Waals surface area (Å²) in [6.45, 7) is 10.9. The quantitative estimate of drug-likeness (QED) is 0.300. The lowest BCUT2D eigenvalue weighted by molar-refractivity contribution is 0.0322. The summed E-state index contributed by atoms with van der Waals surface area (Å²) in [6, 6.07) is 17.2. The highest BCUT2D eigenvalue weighted by Gasteiger charge is 2.55. The number of fused-ring (bicyclic) bond motifs is 3. The second-order valence-corrected chi connectivity index (χ2v) is 11.9. The lowest BCUT2D eigenvalue weighted by Gasteiger charge is -2.26. The largest absolute Gasteiger partial charge is 0.492 e. The minimum atomic E-state index is -0.308. The molecule has 2 N–H and O–H groups in total. The molecule has 0 radical (unpaired) electrons. The minimum Gasteiger partial charge on any atom is -0.492 e. The van der Waals surface area contributed by atoms with Crippen LogP contribution in [0.25, 0.3) is 5.70 Å². The smallest absolute Gasteiger partial charge is 0.451 e. The molecule has 3 aromatic rings. The summed E-state index contributed by atoms with van der Waals surface area (Å²) >= 11 is 1.48. The van der Waals surface area contributed by atoms with Gasteiger partial charge >= 0.3 is 6.03 Å². The molecule has 0 bridgehead atoms. The zero-order valence-corrected chi connectivity index (χ0v) is 23.7. The fourth-order valence-corrected chi connectivity index (χ4v) is 6.00. The Labute approximate surface area is 237 Å². The molecule has 3 aliphatic rings. The first kappa shape index (κ1) is 26.6. The number of hydrogen-bond acceptors (Lipinski definition) is 9. The molecule has 10 nitrogen and oxygen atoms in total. The van der Waals surface area contributed by atoms with E-state index in [1.54, 1.807) is 6.07 Å². The molecular formula is C29H33N6O4S+. The normalized spacial score (nSPS) is 20.4. The summed E-state index contributed by atoms with van der Waals surface area (Å²) in [4.78, 5) is 22.1. The van der Waals surface area contributed by atoms with Crippen LogP contribution in [0, 0.1) is 0 Å². The molecule has 11 heteroatoms. The lowest BCUT2D eigenvalue weighted by atomic mass is 9.93. The van der Waals surface area contributed by atoms with E-state index in [9.17, 15) is 4.79 Å². The summed E-state index contributed by atoms with van der Waals surface area (Å²) in [7, 11) is 0. The number of aliphatic imine (C=N–C) groups is 1. The zero-order chi connectivity index (χ0) is 27.7. The van der Waals surface area contributed by atoms with Crippen LogP contribution in [0.5, 0.6) is 5.75 Å². The summed E-state index contributed by atoms with van der Waals surface area (Å²) in [5.74, 6) is 1.91. The summed E-state index contributed by atoms with van der Waals surface area (Å²) in [5.41, 5.74) is 8.06. The van der Waals surface area contributed by atoms with Crippen molar-refractivity contribution in [1.82, 2.24) is 20.0 Å². The van der Waals surface area contributed by atoms with Gasteiger partial charge in [0.25, 0.3) is 5.17 Å². The molecule has 1 unspecified atom stereocenters. The van der Waals surface area contributed by atoms with Gasteiger partial charge in [-0.05, 0) is 17.8 Å². The first-order chi connectivity index (χ1) is 19.3. The summed E-state index contributed by atoms with van der Waals surface area (Å²) < 4.78 is 16.8. The number of nitrogens with one attached hydrogen (secondary N) is 2. The average Bonchev–Trinajstić information content (AvgIpc) is 3.66. The predicted molar refractivity (Wildman–Crippen MR) is 156 cm³/mol. The number of quaternary nitrogens is 1. The van der Waals surface area contributed by atoms with Crippen LogP contribution in [0.15, 0.2) is 75.2 Å². The van der Waals surface area contributed by atoms with Crippen LogP contribution in [0.4, 0.5) is 16.3 Å². The Hall–Kier alpha value is -3.64. The number of anilines is 1. The average molecular weight is 562 g/mol. The monoisotopic (exact) mass is 561 g/mol. The third-order valence-corrected chi connectivity index (χ3v) is 8.17. The zero-order valence-electron chi connectivity index (χ0n) is 22.8. The third kappa shape index (κ3) is 5.13. The molecule has 2 aromatic carbocycles. The first-order valence-corrected chi connectivity index (χ1v) is 14.2. The maximum atomic E-state index is 14.0. The van der Waals surface area contributed by atoms with Crippen molar-refractivity contribution in [3.63, 3.8) is 0 Å². The van der Waals surface area contributed by atoms with Gasteiger partial charge in [-0.15, -0.1) is 4.48 Å². The number of morpholine rings is 1. The topological polar surface area (TPSA) is 101 Å². The maximum absolute atomic E-state index is 14.0. The molecule has 0 spiro atoms. The molecule has 1 saturated heterocycles. The van der Waals surface area contributed by atoms with E-state index < -0.39 is 0 Å². The number of carbonyl (C=O) groups excluding carboxylic acids is 1. The molecule has 40 heavy (non-hydrogen) atoms. The number of carbonyl (C=O) groups is 1. The van der Waals surface area contributed by atoms with Gasteiger partial charge in [0.2, 0.25) is 0 Å². The van der Waals surface area contributed by atoms with Crippen LogP contribution in [0.3, 0.4) is 0 Å². The van der Waals surface area contributed by atoms with E-state index >= 15 is 0 Å². The summed E-state index contributed by atoms with van der Waals surface area (Å²) in [5, 5.41) is 4.71. The lowest BCUT2D eigenvalue weighted by Crippen LogP contribution is -2.56. The summed E-state index contributed by atoms with van der Waals surface area (Å²) in [6.07, 6.45) is 1.89. The first-order valence-electron chi connectivity index (χ1n) is 13.4. The number of urea groups is 1. The van der Waals surface area contributed by atoms with Crippen molar-refractivity contribution in [3.05, 3.63) is 72.1 Å². The Bertz CT molecular complexity index is 1460. The van der Waals surface area contributed by atoms with Crippen molar-refractivity contribution in [3.8, 4) is 5.75 Å². The van der Waals surface area contributed by atoms with E-state index in [2.05, 4.69) is 20.9 Å². The van der Waals surface area contributed by atoms with Crippen LogP contribution < -0.4 is 20.1 Å². The molecule has 208 valence electrons. The Morgan fingerprint density at radius 3 is 2.67 bits per heavy atom. The SMILES string of the molecule is CC(C)(C)c1cc(NNC(=O)[N+]23C=C(c4ccccc4)N=C2Sc2cc(OCCN4CCOCC4)ccc23)no1. The van der Waals surface area contributed by atoms with Gasteiger partial charge in [0.05, 0.1) is 18.1 Å². The van der Waals surface area contributed by atoms with Gasteiger partial charge in [-0.25, -0.2) is 10.2 Å². The Balaban J connectivity index is 1.24. The number of hydrazine groups is 1. The van der Waals surface area contributed by atoms with Crippen molar-refractivity contribution in [1.29, 1.82) is 0 Å². The number of amidine groups is 1. The number of amides is 2. The van der Waals surface area contributed by atoms with E-state index in [-0.39, 0.29) is 15.9 Å². The second kappa shape index (κ2) is 10.7. The van der Waals surface area contributed by atoms with Gasteiger partial charge < -0.3 is 14.0 Å². The number of aromatic nitrogens is 1. The van der Waals surface area contributed by atoms with Crippen LogP contribution in [-0.4, -0.2) is 60.7 Å². The van der Waals surface area contributed by atoms with Crippen molar-refractivity contribution < 1.29 is 18.8 Å². The third-order valence-electron chi connectivity index (χ3n) is 7.06. The van der Waals surface area contributed by atoms with Crippen molar-refractivity contribution >= 4 is 40.2 Å². The van der Waals surface area contributed by atoms with Crippen molar-refractivity contribution in [2.75, 3.05) is 44.9 Å². The number of thioether (sulfide) groups is 1. The standard InChI is InChI=1S/C29H32N6O4S/c1-29(2,3)25-18-26(33-39-25)31-32-27(36)35-19-22(20-7-5-4-6-8-20)30-28(35)40-24-17-21(9-10-23(24)35)38-16-13-34-11-14-37-15-12-34/h4-10,17-19H,11-16H2,1-3H3,(H-,31,32,33,36)/p+1. The van der Waals surface area contributed by atoms with E-state index in [4.69, 9.17) is 19.0 Å². The highest BCUT2D eigenvalue weighted by Crippen LogP contribution is 2.51. The molecule has 4 heterocycles.